The maximum atomic E-state index is 13.4. The van der Waals surface area contributed by atoms with E-state index in [4.69, 9.17) is 0 Å². The molecule has 1 aliphatic rings. The van der Waals surface area contributed by atoms with E-state index in [9.17, 15) is 9.18 Å². The van der Waals surface area contributed by atoms with Crippen LogP contribution in [0.4, 0.5) is 15.8 Å². The van der Waals surface area contributed by atoms with Crippen LogP contribution in [0.25, 0.3) is 0 Å². The second-order valence-electron chi connectivity index (χ2n) is 6.30. The molecule has 0 aromatic heterocycles. The van der Waals surface area contributed by atoms with E-state index in [0.717, 1.165) is 16.9 Å². The van der Waals surface area contributed by atoms with E-state index in [0.29, 0.717) is 5.96 Å². The van der Waals surface area contributed by atoms with Crippen molar-refractivity contribution >= 4 is 23.2 Å². The van der Waals surface area contributed by atoms with Crippen LogP contribution in [0.15, 0.2) is 89.9 Å². The lowest BCUT2D eigenvalue weighted by Gasteiger charge is -2.38. The standard InChI is InChI=1S/C22H18FN3O/c23-17-13-11-16(12-14-17)20-15-21(27)25-22(24-18-7-3-1-4-8-18)26(20)19-9-5-2-6-10-19/h1-14,20H,15H2,(H,24,25,27). The minimum Gasteiger partial charge on any atom is -0.304 e. The van der Waals surface area contributed by atoms with Crippen LogP contribution in [0.5, 0.6) is 0 Å². The van der Waals surface area contributed by atoms with Crippen LogP contribution in [0, 0.1) is 5.82 Å². The molecule has 0 aliphatic carbocycles. The van der Waals surface area contributed by atoms with Gasteiger partial charge in [-0.1, -0.05) is 48.5 Å². The van der Waals surface area contributed by atoms with E-state index in [2.05, 4.69) is 10.3 Å². The quantitative estimate of drug-likeness (QED) is 0.744. The Balaban J connectivity index is 1.82. The van der Waals surface area contributed by atoms with E-state index in [1.54, 1.807) is 12.1 Å². The van der Waals surface area contributed by atoms with Gasteiger partial charge < -0.3 is 4.90 Å². The van der Waals surface area contributed by atoms with Gasteiger partial charge in [-0.2, -0.15) is 0 Å². The fourth-order valence-corrected chi connectivity index (χ4v) is 3.20. The molecule has 0 saturated carbocycles. The van der Waals surface area contributed by atoms with Gasteiger partial charge in [0.15, 0.2) is 0 Å². The highest BCUT2D eigenvalue weighted by Crippen LogP contribution is 2.33. The molecule has 1 amide bonds. The summed E-state index contributed by atoms with van der Waals surface area (Å²) in [6.45, 7) is 0. The van der Waals surface area contributed by atoms with Crippen LogP contribution in [-0.4, -0.2) is 11.9 Å². The SMILES string of the molecule is O=C1CC(c2ccc(F)cc2)N(c2ccccc2)C(=Nc2ccccc2)N1. The number of benzene rings is 3. The van der Waals surface area contributed by atoms with Crippen molar-refractivity contribution in [2.24, 2.45) is 4.99 Å². The highest BCUT2D eigenvalue weighted by atomic mass is 19.1. The monoisotopic (exact) mass is 359 g/mol. The van der Waals surface area contributed by atoms with Gasteiger partial charge in [0.1, 0.15) is 5.82 Å². The number of hydrogen-bond donors (Lipinski definition) is 1. The Kier molecular flexibility index (Phi) is 4.66. The van der Waals surface area contributed by atoms with E-state index in [1.807, 2.05) is 65.6 Å². The molecule has 1 heterocycles. The molecule has 1 N–H and O–H groups in total. The predicted molar refractivity (Wildman–Crippen MR) is 104 cm³/mol. The number of hydrogen-bond acceptors (Lipinski definition) is 2. The normalized spacial score (nSPS) is 18.4. The summed E-state index contributed by atoms with van der Waals surface area (Å²) in [4.78, 5) is 19.0. The number of carbonyl (C=O) groups excluding carboxylic acids is 1. The number of aliphatic imine (C=N–C) groups is 1. The molecule has 1 saturated heterocycles. The van der Waals surface area contributed by atoms with Crippen LogP contribution in [0.1, 0.15) is 18.0 Å². The summed E-state index contributed by atoms with van der Waals surface area (Å²) in [6.07, 6.45) is 0.258. The zero-order valence-electron chi connectivity index (χ0n) is 14.5. The fourth-order valence-electron chi connectivity index (χ4n) is 3.20. The van der Waals surface area contributed by atoms with Crippen molar-refractivity contribution in [3.63, 3.8) is 0 Å². The first-order valence-corrected chi connectivity index (χ1v) is 8.74. The first-order chi connectivity index (χ1) is 13.2. The number of para-hydroxylation sites is 2. The van der Waals surface area contributed by atoms with Crippen molar-refractivity contribution in [3.8, 4) is 0 Å². The number of amides is 1. The number of guanidine groups is 1. The lowest BCUT2D eigenvalue weighted by atomic mass is 9.99. The van der Waals surface area contributed by atoms with Gasteiger partial charge in [0.05, 0.1) is 18.2 Å². The Morgan fingerprint density at radius 2 is 1.52 bits per heavy atom. The fraction of sp³-hybridized carbons (Fsp3) is 0.0909. The van der Waals surface area contributed by atoms with E-state index >= 15 is 0 Å². The van der Waals surface area contributed by atoms with Gasteiger partial charge in [0, 0.05) is 5.69 Å². The van der Waals surface area contributed by atoms with Gasteiger partial charge in [0.2, 0.25) is 11.9 Å². The van der Waals surface area contributed by atoms with Crippen LogP contribution < -0.4 is 10.2 Å². The molecule has 0 radical (unpaired) electrons. The minimum absolute atomic E-state index is 0.119. The third-order valence-corrected chi connectivity index (χ3v) is 4.45. The van der Waals surface area contributed by atoms with Crippen molar-refractivity contribution in [1.29, 1.82) is 0 Å². The molecule has 5 heteroatoms. The average Bonchev–Trinajstić information content (AvgIpc) is 2.69. The van der Waals surface area contributed by atoms with E-state index in [-0.39, 0.29) is 24.2 Å². The first kappa shape index (κ1) is 17.0. The zero-order chi connectivity index (χ0) is 18.6. The Bertz CT molecular complexity index is 956. The summed E-state index contributed by atoms with van der Waals surface area (Å²) < 4.78 is 13.4. The lowest BCUT2D eigenvalue weighted by molar-refractivity contribution is -0.120. The Labute approximate surface area is 157 Å². The summed E-state index contributed by atoms with van der Waals surface area (Å²) in [6, 6.07) is 25.2. The number of anilines is 1. The molecular weight excluding hydrogens is 341 g/mol. The average molecular weight is 359 g/mol. The van der Waals surface area contributed by atoms with Crippen molar-refractivity contribution in [3.05, 3.63) is 96.3 Å². The Morgan fingerprint density at radius 1 is 0.889 bits per heavy atom. The van der Waals surface area contributed by atoms with E-state index in [1.165, 1.54) is 12.1 Å². The third kappa shape index (κ3) is 3.72. The second kappa shape index (κ2) is 7.41. The molecule has 134 valence electrons. The van der Waals surface area contributed by atoms with Gasteiger partial charge in [-0.3, -0.25) is 10.1 Å². The van der Waals surface area contributed by atoms with Gasteiger partial charge in [-0.05, 0) is 42.0 Å². The maximum absolute atomic E-state index is 13.4. The summed E-state index contributed by atoms with van der Waals surface area (Å²) in [5.41, 5.74) is 2.51. The van der Waals surface area contributed by atoms with Crippen LogP contribution in [0.3, 0.4) is 0 Å². The molecular formula is C22H18FN3O. The molecule has 3 aromatic rings. The van der Waals surface area contributed by atoms with E-state index < -0.39 is 0 Å². The Hall–Kier alpha value is -3.47. The molecule has 0 bridgehead atoms. The maximum Gasteiger partial charge on any atom is 0.229 e. The summed E-state index contributed by atoms with van der Waals surface area (Å²) in [5, 5.41) is 2.89. The first-order valence-electron chi connectivity index (χ1n) is 8.74. The highest BCUT2D eigenvalue weighted by molar-refractivity contribution is 6.10. The smallest absolute Gasteiger partial charge is 0.229 e. The number of nitrogens with zero attached hydrogens (tertiary/aromatic N) is 2. The third-order valence-electron chi connectivity index (χ3n) is 4.45. The molecule has 3 aromatic carbocycles. The summed E-state index contributed by atoms with van der Waals surface area (Å²) >= 11 is 0. The Morgan fingerprint density at radius 3 is 2.19 bits per heavy atom. The largest absolute Gasteiger partial charge is 0.304 e. The molecule has 1 atom stereocenters. The zero-order valence-corrected chi connectivity index (χ0v) is 14.5. The molecule has 1 fully saturated rings. The van der Waals surface area contributed by atoms with Crippen LogP contribution in [-0.2, 0) is 4.79 Å². The number of rotatable bonds is 3. The lowest BCUT2D eigenvalue weighted by Crippen LogP contribution is -2.52. The predicted octanol–water partition coefficient (Wildman–Crippen LogP) is 4.58. The molecule has 1 aliphatic heterocycles. The van der Waals surface area contributed by atoms with Crippen molar-refractivity contribution in [2.45, 2.75) is 12.5 Å². The minimum atomic E-state index is -0.302. The van der Waals surface area contributed by atoms with Gasteiger partial charge in [0.25, 0.3) is 0 Å². The molecule has 27 heavy (non-hydrogen) atoms. The van der Waals surface area contributed by atoms with Gasteiger partial charge >= 0.3 is 0 Å². The van der Waals surface area contributed by atoms with Crippen molar-refractivity contribution < 1.29 is 9.18 Å². The molecule has 4 rings (SSSR count). The van der Waals surface area contributed by atoms with Crippen LogP contribution >= 0.6 is 0 Å². The number of halogens is 1. The topological polar surface area (TPSA) is 44.7 Å². The number of nitrogens with one attached hydrogen (secondary N) is 1. The molecule has 4 nitrogen and oxygen atoms in total. The van der Waals surface area contributed by atoms with Crippen LogP contribution in [0.2, 0.25) is 0 Å². The van der Waals surface area contributed by atoms with Crippen molar-refractivity contribution in [1.82, 2.24) is 5.32 Å². The second-order valence-corrected chi connectivity index (χ2v) is 6.30. The van der Waals surface area contributed by atoms with Gasteiger partial charge in [-0.25, -0.2) is 9.38 Å². The highest BCUT2D eigenvalue weighted by Gasteiger charge is 2.33. The molecule has 1 unspecified atom stereocenters. The molecule has 0 spiro atoms. The number of carbonyl (C=O) groups is 1. The summed E-state index contributed by atoms with van der Waals surface area (Å²) in [5.74, 6) is 0.0348. The van der Waals surface area contributed by atoms with Crippen molar-refractivity contribution in [2.75, 3.05) is 4.90 Å². The summed E-state index contributed by atoms with van der Waals surface area (Å²) in [7, 11) is 0. The van der Waals surface area contributed by atoms with Gasteiger partial charge in [-0.15, -0.1) is 0 Å².